The van der Waals surface area contributed by atoms with Gasteiger partial charge >= 0.3 is 0 Å². The molecular weight excluding hydrogens is 454 g/mol. The summed E-state index contributed by atoms with van der Waals surface area (Å²) in [6, 6.07) is 18.0. The Morgan fingerprint density at radius 3 is 2.59 bits per heavy atom. The fourth-order valence-corrected chi connectivity index (χ4v) is 4.05. The number of hydrogen-bond donors (Lipinski definition) is 1. The molecule has 0 aliphatic carbocycles. The van der Waals surface area contributed by atoms with Gasteiger partial charge in [0.05, 0.1) is 38.5 Å². The zero-order valence-electron chi connectivity index (χ0n) is 18.7. The van der Waals surface area contributed by atoms with Crippen LogP contribution in [-0.2, 0) is 16.1 Å². The molecule has 2 heterocycles. The van der Waals surface area contributed by atoms with E-state index < -0.39 is 0 Å². The summed E-state index contributed by atoms with van der Waals surface area (Å²) in [6.45, 7) is 0.292. The number of amides is 2. The van der Waals surface area contributed by atoms with E-state index in [2.05, 4.69) is 10.3 Å². The number of anilines is 1. The maximum Gasteiger partial charge on any atom is 0.283 e. The largest absolute Gasteiger partial charge is 0.497 e. The summed E-state index contributed by atoms with van der Waals surface area (Å²) < 4.78 is 15.7. The molecule has 0 spiro atoms. The van der Waals surface area contributed by atoms with Crippen LogP contribution in [0.1, 0.15) is 11.3 Å². The molecule has 2 amide bonds. The van der Waals surface area contributed by atoms with Crippen molar-refractivity contribution in [2.75, 3.05) is 24.9 Å². The Morgan fingerprint density at radius 1 is 1.09 bits per heavy atom. The number of nitrogens with zero attached hydrogens (tertiary/aromatic N) is 2. The van der Waals surface area contributed by atoms with Gasteiger partial charge in [-0.2, -0.15) is 0 Å². The number of aliphatic imine (C=N–C) groups is 1. The molecule has 0 saturated carbocycles. The number of methoxy groups -OCH3 is 2. The average molecular weight is 478 g/mol. The standard InChI is InChI=1S/C25H23N3O5S/c1-31-19-10-8-17(9-11-19)13-22-24(30)28(18-5-3-6-20(14-18)32-2)25(27-22)34-16-23(29)26-15-21-7-4-12-33-21/h3-14H,15-16H2,1-2H3,(H,26,29)/b22-13-. The molecule has 0 fully saturated rings. The van der Waals surface area contributed by atoms with Crippen molar-refractivity contribution in [3.05, 3.63) is 83.9 Å². The highest BCUT2D eigenvalue weighted by atomic mass is 32.2. The molecule has 174 valence electrons. The lowest BCUT2D eigenvalue weighted by molar-refractivity contribution is -0.118. The van der Waals surface area contributed by atoms with Crippen LogP contribution in [0.15, 0.2) is 82.0 Å². The number of hydrogen-bond acceptors (Lipinski definition) is 7. The Labute approximate surface area is 201 Å². The number of ether oxygens (including phenoxy) is 2. The van der Waals surface area contributed by atoms with Crippen molar-refractivity contribution in [2.24, 2.45) is 4.99 Å². The van der Waals surface area contributed by atoms with Gasteiger partial charge in [0, 0.05) is 6.07 Å². The molecule has 1 aromatic heterocycles. The quantitative estimate of drug-likeness (QED) is 0.491. The van der Waals surface area contributed by atoms with Crippen molar-refractivity contribution < 1.29 is 23.5 Å². The maximum atomic E-state index is 13.3. The Morgan fingerprint density at radius 2 is 1.88 bits per heavy atom. The molecule has 0 radical (unpaired) electrons. The lowest BCUT2D eigenvalue weighted by Gasteiger charge is -2.18. The molecule has 4 rings (SSSR count). The third-order valence-electron chi connectivity index (χ3n) is 4.93. The van der Waals surface area contributed by atoms with Gasteiger partial charge in [-0.05, 0) is 48.0 Å². The molecule has 0 atom stereocenters. The number of benzene rings is 2. The van der Waals surface area contributed by atoms with Gasteiger partial charge in [-0.25, -0.2) is 4.99 Å². The summed E-state index contributed by atoms with van der Waals surface area (Å²) in [5.74, 6) is 1.59. The Bertz CT molecular complexity index is 1220. The predicted molar refractivity (Wildman–Crippen MR) is 132 cm³/mol. The maximum absolute atomic E-state index is 13.3. The SMILES string of the molecule is COc1ccc(/C=C2\N=C(SCC(=O)NCc3ccco3)N(c3cccc(OC)c3)C2=O)cc1. The van der Waals surface area contributed by atoms with Crippen LogP contribution < -0.4 is 19.7 Å². The summed E-state index contributed by atoms with van der Waals surface area (Å²) >= 11 is 1.18. The van der Waals surface area contributed by atoms with E-state index in [4.69, 9.17) is 13.9 Å². The number of carbonyl (C=O) groups is 2. The molecular formula is C25H23N3O5S. The van der Waals surface area contributed by atoms with E-state index in [-0.39, 0.29) is 23.3 Å². The lowest BCUT2D eigenvalue weighted by Crippen LogP contribution is -2.32. The third kappa shape index (κ3) is 5.49. The molecule has 0 saturated heterocycles. The molecule has 1 aliphatic rings. The van der Waals surface area contributed by atoms with Crippen LogP contribution >= 0.6 is 11.8 Å². The van der Waals surface area contributed by atoms with Crippen molar-refractivity contribution in [1.29, 1.82) is 0 Å². The van der Waals surface area contributed by atoms with Crippen molar-refractivity contribution in [2.45, 2.75) is 6.54 Å². The smallest absolute Gasteiger partial charge is 0.283 e. The summed E-state index contributed by atoms with van der Waals surface area (Å²) in [6.07, 6.45) is 3.26. The molecule has 9 heteroatoms. The van der Waals surface area contributed by atoms with Crippen molar-refractivity contribution in [1.82, 2.24) is 5.32 Å². The van der Waals surface area contributed by atoms with Gasteiger partial charge in [-0.15, -0.1) is 0 Å². The van der Waals surface area contributed by atoms with E-state index in [1.54, 1.807) is 63.0 Å². The Kier molecular flexibility index (Phi) is 7.34. The second kappa shape index (κ2) is 10.8. The first-order chi connectivity index (χ1) is 16.6. The van der Waals surface area contributed by atoms with E-state index in [1.807, 2.05) is 24.3 Å². The highest BCUT2D eigenvalue weighted by Crippen LogP contribution is 2.31. The molecule has 0 bridgehead atoms. The van der Waals surface area contributed by atoms with E-state index in [0.29, 0.717) is 28.9 Å². The monoisotopic (exact) mass is 477 g/mol. The van der Waals surface area contributed by atoms with Crippen LogP contribution in [0.25, 0.3) is 6.08 Å². The first-order valence-electron chi connectivity index (χ1n) is 10.4. The molecule has 34 heavy (non-hydrogen) atoms. The highest BCUT2D eigenvalue weighted by Gasteiger charge is 2.32. The van der Waals surface area contributed by atoms with Gasteiger partial charge in [0.25, 0.3) is 5.91 Å². The predicted octanol–water partition coefficient (Wildman–Crippen LogP) is 4.09. The minimum absolute atomic E-state index is 0.0864. The van der Waals surface area contributed by atoms with Gasteiger partial charge in [0.2, 0.25) is 5.91 Å². The summed E-state index contributed by atoms with van der Waals surface area (Å²) in [7, 11) is 3.16. The normalized spacial score (nSPS) is 14.3. The van der Waals surface area contributed by atoms with Gasteiger partial charge in [0.15, 0.2) is 5.17 Å². The van der Waals surface area contributed by atoms with Gasteiger partial charge in [-0.1, -0.05) is 30.0 Å². The third-order valence-corrected chi connectivity index (χ3v) is 5.87. The summed E-state index contributed by atoms with van der Waals surface area (Å²) in [5, 5.41) is 3.20. The van der Waals surface area contributed by atoms with Crippen molar-refractivity contribution >= 4 is 40.5 Å². The van der Waals surface area contributed by atoms with Crippen LogP contribution in [0, 0.1) is 0 Å². The van der Waals surface area contributed by atoms with Gasteiger partial charge in [-0.3, -0.25) is 14.5 Å². The molecule has 2 aromatic carbocycles. The van der Waals surface area contributed by atoms with E-state index in [9.17, 15) is 9.59 Å². The average Bonchev–Trinajstić information content (AvgIpc) is 3.50. The number of thioether (sulfide) groups is 1. The van der Waals surface area contributed by atoms with Crippen LogP contribution in [0.2, 0.25) is 0 Å². The minimum atomic E-state index is -0.289. The van der Waals surface area contributed by atoms with Crippen molar-refractivity contribution in [3.8, 4) is 11.5 Å². The first-order valence-corrected chi connectivity index (χ1v) is 11.4. The molecule has 1 N–H and O–H groups in total. The van der Waals surface area contributed by atoms with Crippen molar-refractivity contribution in [3.63, 3.8) is 0 Å². The number of rotatable bonds is 8. The second-order valence-electron chi connectivity index (χ2n) is 7.18. The fourth-order valence-electron chi connectivity index (χ4n) is 3.21. The highest BCUT2D eigenvalue weighted by molar-refractivity contribution is 8.14. The van der Waals surface area contributed by atoms with E-state index >= 15 is 0 Å². The zero-order chi connectivity index (χ0) is 23.9. The van der Waals surface area contributed by atoms with Crippen LogP contribution in [0.4, 0.5) is 5.69 Å². The van der Waals surface area contributed by atoms with E-state index in [0.717, 1.165) is 11.3 Å². The van der Waals surface area contributed by atoms with Crippen LogP contribution in [0.3, 0.4) is 0 Å². The Balaban J connectivity index is 1.55. The van der Waals surface area contributed by atoms with Gasteiger partial charge in [0.1, 0.15) is 23.0 Å². The van der Waals surface area contributed by atoms with Crippen LogP contribution in [0.5, 0.6) is 11.5 Å². The molecule has 1 aliphatic heterocycles. The molecule has 0 unspecified atom stereocenters. The van der Waals surface area contributed by atoms with E-state index in [1.165, 1.54) is 16.7 Å². The number of furan rings is 1. The molecule has 8 nitrogen and oxygen atoms in total. The molecule has 3 aromatic rings. The number of carbonyl (C=O) groups excluding carboxylic acids is 2. The van der Waals surface area contributed by atoms with Crippen LogP contribution in [-0.4, -0.2) is 37.0 Å². The number of amidine groups is 1. The topological polar surface area (TPSA) is 93.4 Å². The number of nitrogens with one attached hydrogen (secondary N) is 1. The second-order valence-corrected chi connectivity index (χ2v) is 8.13. The minimum Gasteiger partial charge on any atom is -0.497 e. The lowest BCUT2D eigenvalue weighted by atomic mass is 10.2. The fraction of sp³-hybridized carbons (Fsp3) is 0.160. The zero-order valence-corrected chi connectivity index (χ0v) is 19.5. The first kappa shape index (κ1) is 23.2. The summed E-state index contributed by atoms with van der Waals surface area (Å²) in [5.41, 5.74) is 1.68. The Hall–Kier alpha value is -3.98. The van der Waals surface area contributed by atoms with Gasteiger partial charge < -0.3 is 19.2 Å². The summed E-state index contributed by atoms with van der Waals surface area (Å²) in [4.78, 5) is 31.7.